The van der Waals surface area contributed by atoms with Crippen molar-refractivity contribution >= 4 is 5.91 Å². The van der Waals surface area contributed by atoms with Gasteiger partial charge in [-0.25, -0.2) is 0 Å². The van der Waals surface area contributed by atoms with Crippen molar-refractivity contribution in [3.63, 3.8) is 0 Å². The van der Waals surface area contributed by atoms with E-state index in [9.17, 15) is 4.79 Å². The number of carbonyl (C=O) groups is 1. The number of hydrogen-bond acceptors (Lipinski definition) is 5. The number of carbonyl (C=O) groups excluding carboxylic acids is 1. The third-order valence-electron chi connectivity index (χ3n) is 2.73. The first kappa shape index (κ1) is 13.4. The molecule has 0 bridgehead atoms. The molecule has 1 fully saturated rings. The molecule has 1 saturated carbocycles. The maximum Gasteiger partial charge on any atom is 0.234 e. The molecule has 0 saturated heterocycles. The van der Waals surface area contributed by atoms with Crippen LogP contribution in [0, 0.1) is 5.92 Å². The molecular formula is C10H20N2O4. The molecule has 0 aromatic heterocycles. The van der Waals surface area contributed by atoms with Crippen LogP contribution >= 0.6 is 0 Å². The van der Waals surface area contributed by atoms with Crippen LogP contribution in [0.15, 0.2) is 0 Å². The highest BCUT2D eigenvalue weighted by Crippen LogP contribution is 2.27. The van der Waals surface area contributed by atoms with Gasteiger partial charge in [-0.1, -0.05) is 0 Å². The molecule has 6 heteroatoms. The molecule has 94 valence electrons. The first-order chi connectivity index (χ1) is 7.65. The SMILES string of the molecule is O=C(CNCC1CC1)NC(CO)(CO)CO. The van der Waals surface area contributed by atoms with E-state index >= 15 is 0 Å². The van der Waals surface area contributed by atoms with Gasteiger partial charge in [0.2, 0.25) is 5.91 Å². The Morgan fingerprint density at radius 1 is 1.19 bits per heavy atom. The van der Waals surface area contributed by atoms with Gasteiger partial charge < -0.3 is 26.0 Å². The molecule has 0 aliphatic heterocycles. The van der Waals surface area contributed by atoms with E-state index in [0.717, 1.165) is 6.54 Å². The average Bonchev–Trinajstić information content (AvgIpc) is 3.10. The van der Waals surface area contributed by atoms with Gasteiger partial charge in [0.05, 0.1) is 26.4 Å². The Hall–Kier alpha value is -0.690. The van der Waals surface area contributed by atoms with Crippen molar-refractivity contribution in [3.05, 3.63) is 0 Å². The van der Waals surface area contributed by atoms with Gasteiger partial charge in [-0.2, -0.15) is 0 Å². The largest absolute Gasteiger partial charge is 0.394 e. The molecule has 1 aliphatic rings. The smallest absolute Gasteiger partial charge is 0.234 e. The van der Waals surface area contributed by atoms with Crippen molar-refractivity contribution in [1.82, 2.24) is 10.6 Å². The zero-order valence-corrected chi connectivity index (χ0v) is 9.28. The maximum atomic E-state index is 11.4. The summed E-state index contributed by atoms with van der Waals surface area (Å²) < 4.78 is 0. The molecule has 16 heavy (non-hydrogen) atoms. The molecular weight excluding hydrogens is 212 g/mol. The second-order valence-corrected chi connectivity index (χ2v) is 4.38. The van der Waals surface area contributed by atoms with Crippen LogP contribution in [-0.4, -0.2) is 59.7 Å². The Morgan fingerprint density at radius 2 is 1.75 bits per heavy atom. The van der Waals surface area contributed by atoms with E-state index in [4.69, 9.17) is 15.3 Å². The lowest BCUT2D eigenvalue weighted by Crippen LogP contribution is -2.58. The fraction of sp³-hybridized carbons (Fsp3) is 0.900. The van der Waals surface area contributed by atoms with Crippen molar-refractivity contribution in [2.45, 2.75) is 18.4 Å². The van der Waals surface area contributed by atoms with Crippen LogP contribution in [0.2, 0.25) is 0 Å². The monoisotopic (exact) mass is 232 g/mol. The predicted molar refractivity (Wildman–Crippen MR) is 57.7 cm³/mol. The van der Waals surface area contributed by atoms with Crippen LogP contribution in [0.1, 0.15) is 12.8 Å². The van der Waals surface area contributed by atoms with Gasteiger partial charge >= 0.3 is 0 Å². The lowest BCUT2D eigenvalue weighted by molar-refractivity contribution is -0.124. The van der Waals surface area contributed by atoms with Crippen LogP contribution in [0.3, 0.4) is 0 Å². The van der Waals surface area contributed by atoms with Crippen molar-refractivity contribution in [3.8, 4) is 0 Å². The number of aliphatic hydroxyl groups excluding tert-OH is 3. The van der Waals surface area contributed by atoms with Crippen LogP contribution in [0.4, 0.5) is 0 Å². The Kier molecular flexibility index (Phi) is 5.14. The second-order valence-electron chi connectivity index (χ2n) is 4.38. The predicted octanol–water partition coefficient (Wildman–Crippen LogP) is -2.18. The van der Waals surface area contributed by atoms with E-state index < -0.39 is 25.4 Å². The highest BCUT2D eigenvalue weighted by Gasteiger charge is 2.29. The minimum atomic E-state index is -1.32. The molecule has 0 spiro atoms. The Morgan fingerprint density at radius 3 is 2.19 bits per heavy atom. The van der Waals surface area contributed by atoms with Crippen molar-refractivity contribution in [2.75, 3.05) is 32.9 Å². The van der Waals surface area contributed by atoms with Crippen LogP contribution in [0.5, 0.6) is 0 Å². The van der Waals surface area contributed by atoms with Crippen molar-refractivity contribution in [1.29, 1.82) is 0 Å². The first-order valence-corrected chi connectivity index (χ1v) is 5.50. The zero-order valence-electron chi connectivity index (χ0n) is 9.28. The van der Waals surface area contributed by atoms with E-state index in [1.54, 1.807) is 0 Å². The minimum Gasteiger partial charge on any atom is -0.394 e. The highest BCUT2D eigenvalue weighted by atomic mass is 16.3. The molecule has 1 amide bonds. The number of aliphatic hydroxyl groups is 3. The number of hydrogen-bond donors (Lipinski definition) is 5. The molecule has 6 nitrogen and oxygen atoms in total. The van der Waals surface area contributed by atoms with Gasteiger partial charge in [0.1, 0.15) is 5.54 Å². The van der Waals surface area contributed by atoms with Crippen molar-refractivity contribution < 1.29 is 20.1 Å². The second kappa shape index (κ2) is 6.15. The van der Waals surface area contributed by atoms with E-state index in [2.05, 4.69) is 10.6 Å². The summed E-state index contributed by atoms with van der Waals surface area (Å²) in [4.78, 5) is 11.4. The van der Waals surface area contributed by atoms with E-state index in [-0.39, 0.29) is 12.5 Å². The average molecular weight is 232 g/mol. The first-order valence-electron chi connectivity index (χ1n) is 5.50. The van der Waals surface area contributed by atoms with Gasteiger partial charge in [0.25, 0.3) is 0 Å². The van der Waals surface area contributed by atoms with Crippen molar-refractivity contribution in [2.24, 2.45) is 5.92 Å². The van der Waals surface area contributed by atoms with Crippen LogP contribution in [0.25, 0.3) is 0 Å². The summed E-state index contributed by atoms with van der Waals surface area (Å²) in [7, 11) is 0. The molecule has 0 unspecified atom stereocenters. The Bertz CT molecular complexity index is 219. The fourth-order valence-electron chi connectivity index (χ4n) is 1.32. The fourth-order valence-corrected chi connectivity index (χ4v) is 1.32. The summed E-state index contributed by atoms with van der Waals surface area (Å²) in [6.07, 6.45) is 2.42. The van der Waals surface area contributed by atoms with E-state index in [1.165, 1.54) is 12.8 Å². The summed E-state index contributed by atoms with van der Waals surface area (Å²) in [6.45, 7) is -0.521. The number of amides is 1. The topological polar surface area (TPSA) is 102 Å². The summed E-state index contributed by atoms with van der Waals surface area (Å²) in [6, 6.07) is 0. The number of rotatable bonds is 8. The quantitative estimate of drug-likeness (QED) is 0.327. The van der Waals surface area contributed by atoms with Crippen LogP contribution in [-0.2, 0) is 4.79 Å². The molecule has 0 aromatic carbocycles. The highest BCUT2D eigenvalue weighted by molar-refractivity contribution is 5.78. The molecule has 0 aromatic rings. The summed E-state index contributed by atoms with van der Waals surface area (Å²) in [5.74, 6) is 0.351. The lowest BCUT2D eigenvalue weighted by atomic mass is 10.0. The Labute approximate surface area is 94.7 Å². The van der Waals surface area contributed by atoms with Gasteiger partial charge in [-0.15, -0.1) is 0 Å². The van der Waals surface area contributed by atoms with Gasteiger partial charge in [0, 0.05) is 0 Å². The zero-order chi connectivity index (χ0) is 12.0. The summed E-state index contributed by atoms with van der Waals surface area (Å²) in [5, 5.41) is 32.4. The van der Waals surface area contributed by atoms with Gasteiger partial charge in [-0.3, -0.25) is 4.79 Å². The standard InChI is InChI=1S/C10H20N2O4/c13-5-10(6-14,7-15)12-9(16)4-11-3-8-1-2-8/h8,11,13-15H,1-7H2,(H,12,16). The molecule has 0 heterocycles. The van der Waals surface area contributed by atoms with Crippen LogP contribution < -0.4 is 10.6 Å². The minimum absolute atomic E-state index is 0.137. The molecule has 1 aliphatic carbocycles. The molecule has 0 atom stereocenters. The third-order valence-corrected chi connectivity index (χ3v) is 2.73. The van der Waals surface area contributed by atoms with E-state index in [0.29, 0.717) is 5.92 Å². The summed E-state index contributed by atoms with van der Waals surface area (Å²) in [5.41, 5.74) is -1.32. The summed E-state index contributed by atoms with van der Waals surface area (Å²) >= 11 is 0. The van der Waals surface area contributed by atoms with Gasteiger partial charge in [-0.05, 0) is 25.3 Å². The third kappa shape index (κ3) is 4.05. The molecule has 0 radical (unpaired) electrons. The van der Waals surface area contributed by atoms with E-state index in [1.807, 2.05) is 0 Å². The lowest BCUT2D eigenvalue weighted by Gasteiger charge is -2.28. The Balaban J connectivity index is 2.23. The normalized spacial score (nSPS) is 16.2. The molecule has 5 N–H and O–H groups in total. The maximum absolute atomic E-state index is 11.4. The van der Waals surface area contributed by atoms with Gasteiger partial charge in [0.15, 0.2) is 0 Å². The molecule has 1 rings (SSSR count). The number of nitrogens with one attached hydrogen (secondary N) is 2.